The molecule has 0 radical (unpaired) electrons. The summed E-state index contributed by atoms with van der Waals surface area (Å²) in [5, 5.41) is 2.64. The Hall–Kier alpha value is -2.78. The summed E-state index contributed by atoms with van der Waals surface area (Å²) in [6, 6.07) is 9.42. The molecular weight excluding hydrogens is 384 g/mol. The Kier molecular flexibility index (Phi) is 6.05. The molecule has 28 heavy (non-hydrogen) atoms. The van der Waals surface area contributed by atoms with Gasteiger partial charge in [-0.05, 0) is 42.8 Å². The second-order valence-corrected chi connectivity index (χ2v) is 7.79. The van der Waals surface area contributed by atoms with E-state index >= 15 is 0 Å². The van der Waals surface area contributed by atoms with E-state index < -0.39 is 15.9 Å². The Bertz CT molecular complexity index is 974. The number of methoxy groups -OCH3 is 1. The van der Waals surface area contributed by atoms with Gasteiger partial charge < -0.3 is 19.5 Å². The van der Waals surface area contributed by atoms with Crippen LogP contribution in [0.2, 0.25) is 0 Å². The molecule has 0 aliphatic carbocycles. The van der Waals surface area contributed by atoms with Crippen molar-refractivity contribution in [2.75, 3.05) is 26.9 Å². The second-order valence-electron chi connectivity index (χ2n) is 6.02. The highest BCUT2D eigenvalue weighted by atomic mass is 32.2. The molecule has 2 aromatic rings. The van der Waals surface area contributed by atoms with Gasteiger partial charge in [0.25, 0.3) is 5.91 Å². The maximum absolute atomic E-state index is 12.7. The van der Waals surface area contributed by atoms with Crippen LogP contribution in [-0.2, 0) is 16.6 Å². The van der Waals surface area contributed by atoms with Gasteiger partial charge in [-0.15, -0.1) is 0 Å². The summed E-state index contributed by atoms with van der Waals surface area (Å²) in [5.74, 6) is 1.13. The van der Waals surface area contributed by atoms with Gasteiger partial charge in [0.1, 0.15) is 19.0 Å². The molecule has 0 unspecified atom stereocenters. The van der Waals surface area contributed by atoms with Gasteiger partial charge in [-0.25, -0.2) is 13.1 Å². The number of benzene rings is 2. The van der Waals surface area contributed by atoms with E-state index in [0.29, 0.717) is 37.0 Å². The van der Waals surface area contributed by atoms with Gasteiger partial charge in [0.2, 0.25) is 10.0 Å². The molecular formula is C19H22N2O6S. The third kappa shape index (κ3) is 4.37. The first-order valence-electron chi connectivity index (χ1n) is 8.79. The van der Waals surface area contributed by atoms with E-state index in [0.717, 1.165) is 5.56 Å². The van der Waals surface area contributed by atoms with Crippen molar-refractivity contribution in [3.63, 3.8) is 0 Å². The van der Waals surface area contributed by atoms with E-state index in [2.05, 4.69) is 10.0 Å². The van der Waals surface area contributed by atoms with Crippen LogP contribution in [0.25, 0.3) is 0 Å². The molecule has 1 amide bonds. The number of hydrogen-bond donors (Lipinski definition) is 2. The van der Waals surface area contributed by atoms with Crippen molar-refractivity contribution in [2.24, 2.45) is 0 Å². The van der Waals surface area contributed by atoms with E-state index in [1.807, 2.05) is 0 Å². The SMILES string of the molecule is CCNC(=O)c1cc(S(=O)(=O)NCc2ccc3c(c2)OCCO3)ccc1OC. The summed E-state index contributed by atoms with van der Waals surface area (Å²) in [4.78, 5) is 12.2. The maximum atomic E-state index is 12.7. The molecule has 0 bridgehead atoms. The van der Waals surface area contributed by atoms with Gasteiger partial charge in [0, 0.05) is 13.1 Å². The Labute approximate surface area is 163 Å². The summed E-state index contributed by atoms with van der Waals surface area (Å²) in [7, 11) is -2.41. The van der Waals surface area contributed by atoms with E-state index in [1.54, 1.807) is 25.1 Å². The molecule has 0 atom stereocenters. The van der Waals surface area contributed by atoms with Crippen molar-refractivity contribution < 1.29 is 27.4 Å². The first-order valence-corrected chi connectivity index (χ1v) is 10.3. The molecule has 0 fully saturated rings. The topological polar surface area (TPSA) is 103 Å². The molecule has 8 nitrogen and oxygen atoms in total. The van der Waals surface area contributed by atoms with Crippen molar-refractivity contribution in [2.45, 2.75) is 18.4 Å². The van der Waals surface area contributed by atoms with Crippen molar-refractivity contribution >= 4 is 15.9 Å². The molecule has 1 heterocycles. The van der Waals surface area contributed by atoms with Crippen LogP contribution in [0.5, 0.6) is 17.2 Å². The monoisotopic (exact) mass is 406 g/mol. The molecule has 2 N–H and O–H groups in total. The molecule has 0 saturated heterocycles. The van der Waals surface area contributed by atoms with Gasteiger partial charge in [-0.2, -0.15) is 0 Å². The van der Waals surface area contributed by atoms with Crippen LogP contribution < -0.4 is 24.2 Å². The van der Waals surface area contributed by atoms with Gasteiger partial charge in [0.15, 0.2) is 11.5 Å². The fourth-order valence-electron chi connectivity index (χ4n) is 2.75. The first kappa shape index (κ1) is 20.0. The Morgan fingerprint density at radius 2 is 1.86 bits per heavy atom. The number of amides is 1. The largest absolute Gasteiger partial charge is 0.496 e. The van der Waals surface area contributed by atoms with E-state index in [-0.39, 0.29) is 17.0 Å². The van der Waals surface area contributed by atoms with Crippen molar-refractivity contribution in [3.05, 3.63) is 47.5 Å². The minimum atomic E-state index is -3.83. The molecule has 1 aliphatic rings. The maximum Gasteiger partial charge on any atom is 0.255 e. The molecule has 0 aromatic heterocycles. The normalized spacial score (nSPS) is 13.1. The van der Waals surface area contributed by atoms with Crippen LogP contribution >= 0.6 is 0 Å². The van der Waals surface area contributed by atoms with Crippen LogP contribution in [0.1, 0.15) is 22.8 Å². The molecule has 9 heteroatoms. The molecule has 0 saturated carbocycles. The number of sulfonamides is 1. The third-order valence-electron chi connectivity index (χ3n) is 4.14. The highest BCUT2D eigenvalue weighted by Gasteiger charge is 2.20. The fourth-order valence-corrected chi connectivity index (χ4v) is 3.79. The lowest BCUT2D eigenvalue weighted by Crippen LogP contribution is -2.26. The van der Waals surface area contributed by atoms with Crippen LogP contribution in [0, 0.1) is 0 Å². The van der Waals surface area contributed by atoms with Gasteiger partial charge in [-0.1, -0.05) is 6.07 Å². The predicted molar refractivity (Wildman–Crippen MR) is 102 cm³/mol. The van der Waals surface area contributed by atoms with Crippen molar-refractivity contribution in [1.82, 2.24) is 10.0 Å². The molecule has 2 aromatic carbocycles. The number of hydrogen-bond acceptors (Lipinski definition) is 6. The zero-order valence-electron chi connectivity index (χ0n) is 15.7. The van der Waals surface area contributed by atoms with E-state index in [1.165, 1.54) is 25.3 Å². The molecule has 3 rings (SSSR count). The van der Waals surface area contributed by atoms with Crippen LogP contribution in [0.4, 0.5) is 0 Å². The average Bonchev–Trinajstić information content (AvgIpc) is 2.71. The summed E-state index contributed by atoms with van der Waals surface area (Å²) in [6.07, 6.45) is 0. The van der Waals surface area contributed by atoms with Crippen molar-refractivity contribution in [3.8, 4) is 17.2 Å². The Balaban J connectivity index is 1.79. The number of ether oxygens (including phenoxy) is 3. The highest BCUT2D eigenvalue weighted by Crippen LogP contribution is 2.31. The van der Waals surface area contributed by atoms with Crippen molar-refractivity contribution in [1.29, 1.82) is 0 Å². The zero-order valence-corrected chi connectivity index (χ0v) is 16.5. The summed E-state index contributed by atoms with van der Waals surface area (Å²) in [6.45, 7) is 3.21. The summed E-state index contributed by atoms with van der Waals surface area (Å²) >= 11 is 0. The number of carbonyl (C=O) groups is 1. The van der Waals surface area contributed by atoms with Crippen LogP contribution in [-0.4, -0.2) is 41.2 Å². The predicted octanol–water partition coefficient (Wildman–Crippen LogP) is 1.69. The quantitative estimate of drug-likeness (QED) is 0.725. The van der Waals surface area contributed by atoms with E-state index in [4.69, 9.17) is 14.2 Å². The summed E-state index contributed by atoms with van der Waals surface area (Å²) < 4.78 is 44.0. The lowest BCUT2D eigenvalue weighted by molar-refractivity contribution is 0.0952. The van der Waals surface area contributed by atoms with E-state index in [9.17, 15) is 13.2 Å². The Morgan fingerprint density at radius 3 is 2.57 bits per heavy atom. The van der Waals surface area contributed by atoms with Crippen LogP contribution in [0.3, 0.4) is 0 Å². The van der Waals surface area contributed by atoms with Crippen LogP contribution in [0.15, 0.2) is 41.3 Å². The number of rotatable bonds is 7. The number of fused-ring (bicyclic) bond motifs is 1. The number of nitrogens with one attached hydrogen (secondary N) is 2. The van der Waals surface area contributed by atoms with Gasteiger partial charge in [0.05, 0.1) is 17.6 Å². The lowest BCUT2D eigenvalue weighted by Gasteiger charge is -2.19. The number of carbonyl (C=O) groups excluding carboxylic acids is 1. The zero-order chi connectivity index (χ0) is 20.1. The smallest absolute Gasteiger partial charge is 0.255 e. The third-order valence-corrected chi connectivity index (χ3v) is 5.54. The second kappa shape index (κ2) is 8.49. The lowest BCUT2D eigenvalue weighted by atomic mass is 10.2. The van der Waals surface area contributed by atoms with Gasteiger partial charge in [-0.3, -0.25) is 4.79 Å². The molecule has 1 aliphatic heterocycles. The fraction of sp³-hybridized carbons (Fsp3) is 0.316. The minimum Gasteiger partial charge on any atom is -0.496 e. The summed E-state index contributed by atoms with van der Waals surface area (Å²) in [5.41, 5.74) is 0.886. The molecule has 0 spiro atoms. The standard InChI is InChI=1S/C19H22N2O6S/c1-3-20-19(22)15-11-14(5-7-16(15)25-2)28(23,24)21-12-13-4-6-17-18(10-13)27-9-8-26-17/h4-7,10-11,21H,3,8-9,12H2,1-2H3,(H,20,22). The van der Waals surface area contributed by atoms with Gasteiger partial charge >= 0.3 is 0 Å². The minimum absolute atomic E-state index is 0.0212. The molecule has 150 valence electrons. The average molecular weight is 406 g/mol. The highest BCUT2D eigenvalue weighted by molar-refractivity contribution is 7.89. The first-order chi connectivity index (χ1) is 13.4. The Morgan fingerprint density at radius 1 is 1.11 bits per heavy atom.